The molecule has 1 unspecified atom stereocenters. The number of aromatic nitrogens is 2. The molecule has 1 aromatic heterocycles. The smallest absolute Gasteiger partial charge is 0.222 e. The Morgan fingerprint density at radius 3 is 2.75 bits per heavy atom. The lowest BCUT2D eigenvalue weighted by atomic mass is 10.1. The minimum Gasteiger partial charge on any atom is -0.493 e. The maximum absolute atomic E-state index is 5.88. The number of benzene rings is 1. The number of nitrogens with two attached hydrogens (primary N) is 1. The summed E-state index contributed by atoms with van der Waals surface area (Å²) in [6.07, 6.45) is 2.18. The molecule has 2 rings (SSSR count). The average molecular weight is 273 g/mol. The van der Waals surface area contributed by atoms with E-state index in [4.69, 9.17) is 15.2 Å². The van der Waals surface area contributed by atoms with Crippen LogP contribution in [0.25, 0.3) is 0 Å². The van der Waals surface area contributed by atoms with Crippen LogP contribution in [-0.2, 0) is 6.42 Å². The van der Waals surface area contributed by atoms with Gasteiger partial charge in [-0.2, -0.15) is 0 Å². The number of rotatable bonds is 5. The van der Waals surface area contributed by atoms with Gasteiger partial charge in [-0.15, -0.1) is 0 Å². The molecule has 1 heterocycles. The molecule has 0 saturated carbocycles. The highest BCUT2D eigenvalue weighted by Gasteiger charge is 2.13. The zero-order valence-electron chi connectivity index (χ0n) is 12.0. The summed E-state index contributed by atoms with van der Waals surface area (Å²) in [5, 5.41) is 0. The predicted molar refractivity (Wildman–Crippen MR) is 77.2 cm³/mol. The molecule has 20 heavy (non-hydrogen) atoms. The minimum absolute atomic E-state index is 0.0385. The zero-order valence-corrected chi connectivity index (χ0v) is 12.0. The van der Waals surface area contributed by atoms with Crippen LogP contribution in [-0.4, -0.2) is 23.1 Å². The van der Waals surface area contributed by atoms with Gasteiger partial charge < -0.3 is 15.2 Å². The Labute approximate surface area is 118 Å². The molecule has 0 radical (unpaired) electrons. The first-order valence-corrected chi connectivity index (χ1v) is 6.48. The van der Waals surface area contributed by atoms with Gasteiger partial charge in [-0.3, -0.25) is 0 Å². The highest BCUT2D eigenvalue weighted by molar-refractivity contribution is 5.48. The van der Waals surface area contributed by atoms with Crippen molar-refractivity contribution in [1.82, 2.24) is 9.97 Å². The quantitative estimate of drug-likeness (QED) is 0.906. The fraction of sp³-hybridized carbons (Fsp3) is 0.333. The summed E-state index contributed by atoms with van der Waals surface area (Å²) < 4.78 is 11.2. The molecule has 0 spiro atoms. The van der Waals surface area contributed by atoms with Crippen LogP contribution in [0.4, 0.5) is 0 Å². The second-order valence-corrected chi connectivity index (χ2v) is 4.73. The first-order valence-electron chi connectivity index (χ1n) is 6.48. The fourth-order valence-electron chi connectivity index (χ4n) is 1.94. The van der Waals surface area contributed by atoms with Crippen LogP contribution in [0.3, 0.4) is 0 Å². The van der Waals surface area contributed by atoms with Gasteiger partial charge in [0.25, 0.3) is 0 Å². The van der Waals surface area contributed by atoms with Crippen molar-refractivity contribution >= 4 is 0 Å². The van der Waals surface area contributed by atoms with Crippen LogP contribution >= 0.6 is 0 Å². The van der Waals surface area contributed by atoms with E-state index >= 15 is 0 Å². The molecule has 0 aliphatic carbocycles. The van der Waals surface area contributed by atoms with Crippen LogP contribution in [0, 0.1) is 6.92 Å². The molecule has 1 atom stereocenters. The normalized spacial score (nSPS) is 12.0. The summed E-state index contributed by atoms with van der Waals surface area (Å²) in [5.74, 6) is 1.82. The van der Waals surface area contributed by atoms with Gasteiger partial charge >= 0.3 is 0 Å². The molecule has 5 heteroatoms. The molecule has 0 fully saturated rings. The molecule has 106 valence electrons. The molecular formula is C15H19N3O2. The molecule has 0 bridgehead atoms. The molecule has 0 saturated heterocycles. The van der Waals surface area contributed by atoms with Gasteiger partial charge in [0, 0.05) is 23.4 Å². The molecule has 5 nitrogen and oxygen atoms in total. The average Bonchev–Trinajstić information content (AvgIpc) is 2.40. The number of para-hydroxylation sites is 1. The van der Waals surface area contributed by atoms with Crippen molar-refractivity contribution in [3.8, 4) is 17.4 Å². The third kappa shape index (κ3) is 3.45. The second kappa shape index (κ2) is 6.34. The van der Waals surface area contributed by atoms with E-state index in [0.717, 1.165) is 11.3 Å². The maximum atomic E-state index is 5.88. The highest BCUT2D eigenvalue weighted by atomic mass is 16.5. The number of methoxy groups -OCH3 is 1. The first-order chi connectivity index (χ1) is 9.60. The summed E-state index contributed by atoms with van der Waals surface area (Å²) in [7, 11) is 1.61. The third-order valence-electron chi connectivity index (χ3n) is 2.81. The van der Waals surface area contributed by atoms with E-state index in [0.29, 0.717) is 23.8 Å². The SMILES string of the molecule is COc1cccc(CC(C)N)c1Oc1cc(C)ncn1. The Kier molecular flexibility index (Phi) is 4.53. The number of hydrogen-bond acceptors (Lipinski definition) is 5. The van der Waals surface area contributed by atoms with Crippen molar-refractivity contribution in [2.45, 2.75) is 26.3 Å². The van der Waals surface area contributed by atoms with Gasteiger partial charge in [-0.1, -0.05) is 12.1 Å². The van der Waals surface area contributed by atoms with Gasteiger partial charge in [-0.25, -0.2) is 9.97 Å². The van der Waals surface area contributed by atoms with Gasteiger partial charge in [0.2, 0.25) is 5.88 Å². The summed E-state index contributed by atoms with van der Waals surface area (Å²) >= 11 is 0. The van der Waals surface area contributed by atoms with Crippen molar-refractivity contribution in [2.24, 2.45) is 5.73 Å². The van der Waals surface area contributed by atoms with E-state index < -0.39 is 0 Å². The third-order valence-corrected chi connectivity index (χ3v) is 2.81. The van der Waals surface area contributed by atoms with Crippen LogP contribution < -0.4 is 15.2 Å². The van der Waals surface area contributed by atoms with E-state index in [9.17, 15) is 0 Å². The van der Waals surface area contributed by atoms with Gasteiger partial charge in [0.1, 0.15) is 6.33 Å². The largest absolute Gasteiger partial charge is 0.493 e. The molecule has 2 N–H and O–H groups in total. The molecule has 1 aromatic carbocycles. The van der Waals surface area contributed by atoms with Crippen molar-refractivity contribution in [2.75, 3.05) is 7.11 Å². The Morgan fingerprint density at radius 1 is 1.30 bits per heavy atom. The van der Waals surface area contributed by atoms with E-state index in [-0.39, 0.29) is 6.04 Å². The number of ether oxygens (including phenoxy) is 2. The van der Waals surface area contributed by atoms with Crippen LogP contribution in [0.15, 0.2) is 30.6 Å². The lowest BCUT2D eigenvalue weighted by Gasteiger charge is -2.15. The number of hydrogen-bond donors (Lipinski definition) is 1. The number of nitrogens with zero attached hydrogens (tertiary/aromatic N) is 2. The van der Waals surface area contributed by atoms with E-state index in [1.54, 1.807) is 13.2 Å². The first kappa shape index (κ1) is 14.3. The van der Waals surface area contributed by atoms with E-state index in [1.165, 1.54) is 6.33 Å². The van der Waals surface area contributed by atoms with E-state index in [1.807, 2.05) is 32.0 Å². The molecule has 2 aromatic rings. The van der Waals surface area contributed by atoms with Crippen molar-refractivity contribution in [3.05, 3.63) is 41.9 Å². The molecular weight excluding hydrogens is 254 g/mol. The molecule has 0 aliphatic heterocycles. The molecule has 0 amide bonds. The monoisotopic (exact) mass is 273 g/mol. The molecule has 0 aliphatic rings. The zero-order chi connectivity index (χ0) is 14.5. The Balaban J connectivity index is 2.37. The van der Waals surface area contributed by atoms with Gasteiger partial charge in [0.15, 0.2) is 11.5 Å². The lowest BCUT2D eigenvalue weighted by molar-refractivity contribution is 0.370. The van der Waals surface area contributed by atoms with Crippen LogP contribution in [0.5, 0.6) is 17.4 Å². The van der Waals surface area contributed by atoms with Crippen LogP contribution in [0.2, 0.25) is 0 Å². The topological polar surface area (TPSA) is 70.3 Å². The summed E-state index contributed by atoms with van der Waals surface area (Å²) in [5.41, 5.74) is 7.72. The summed E-state index contributed by atoms with van der Waals surface area (Å²) in [6, 6.07) is 7.58. The Morgan fingerprint density at radius 2 is 2.10 bits per heavy atom. The van der Waals surface area contributed by atoms with Gasteiger partial charge in [0.05, 0.1) is 7.11 Å². The Hall–Kier alpha value is -2.14. The van der Waals surface area contributed by atoms with Crippen LogP contribution in [0.1, 0.15) is 18.2 Å². The fourth-order valence-corrected chi connectivity index (χ4v) is 1.94. The predicted octanol–water partition coefficient (Wildman–Crippen LogP) is 2.48. The van der Waals surface area contributed by atoms with Gasteiger partial charge in [-0.05, 0) is 26.3 Å². The van der Waals surface area contributed by atoms with E-state index in [2.05, 4.69) is 9.97 Å². The summed E-state index contributed by atoms with van der Waals surface area (Å²) in [6.45, 7) is 3.84. The number of aryl methyl sites for hydroxylation is 1. The second-order valence-electron chi connectivity index (χ2n) is 4.73. The summed E-state index contributed by atoms with van der Waals surface area (Å²) in [4.78, 5) is 8.16. The maximum Gasteiger partial charge on any atom is 0.222 e. The van der Waals surface area contributed by atoms with Crippen molar-refractivity contribution in [3.63, 3.8) is 0 Å². The van der Waals surface area contributed by atoms with Crippen molar-refractivity contribution in [1.29, 1.82) is 0 Å². The standard InChI is InChI=1S/C15H19N3O2/c1-10(16)7-12-5-4-6-13(19-3)15(12)20-14-8-11(2)17-9-18-14/h4-6,8-10H,7,16H2,1-3H3. The highest BCUT2D eigenvalue weighted by Crippen LogP contribution is 2.34. The minimum atomic E-state index is 0.0385. The Bertz CT molecular complexity index is 585. The lowest BCUT2D eigenvalue weighted by Crippen LogP contribution is -2.18. The van der Waals surface area contributed by atoms with Crippen molar-refractivity contribution < 1.29 is 9.47 Å².